The molecule has 0 atom stereocenters. The number of hydrogen-bond donors (Lipinski definition) is 1. The maximum Gasteiger partial charge on any atom is 0.330 e. The minimum Gasteiger partial charge on any atom is -0.322 e. The Hall–Kier alpha value is -2.41. The number of carbonyl (C=O) groups is 1. The predicted octanol–water partition coefficient (Wildman–Crippen LogP) is 1.81. The van der Waals surface area contributed by atoms with Gasteiger partial charge in [0, 0.05) is 36.5 Å². The van der Waals surface area contributed by atoms with Crippen LogP contribution in [0.25, 0.3) is 6.08 Å². The highest BCUT2D eigenvalue weighted by Gasteiger charge is 2.06. The van der Waals surface area contributed by atoms with Crippen molar-refractivity contribution < 1.29 is 4.79 Å². The van der Waals surface area contributed by atoms with Gasteiger partial charge in [0.25, 0.3) is 5.56 Å². The number of nitrogens with zero attached hydrogens (tertiary/aromatic N) is 2. The van der Waals surface area contributed by atoms with Gasteiger partial charge in [0.1, 0.15) is 0 Å². The first-order valence-electron chi connectivity index (χ1n) is 6.81. The lowest BCUT2D eigenvalue weighted by Crippen LogP contribution is -2.37. The van der Waals surface area contributed by atoms with Gasteiger partial charge in [-0.1, -0.05) is 22.0 Å². The molecule has 0 radical (unpaired) electrons. The minimum atomic E-state index is -0.448. The van der Waals surface area contributed by atoms with E-state index in [4.69, 9.17) is 0 Å². The molecule has 6 nitrogen and oxygen atoms in total. The summed E-state index contributed by atoms with van der Waals surface area (Å²) in [5, 5.41) is 2.75. The van der Waals surface area contributed by atoms with Gasteiger partial charge in [0.2, 0.25) is 5.91 Å². The van der Waals surface area contributed by atoms with E-state index in [1.165, 1.54) is 30.0 Å². The molecule has 0 saturated heterocycles. The van der Waals surface area contributed by atoms with Crippen LogP contribution in [0.15, 0.2) is 44.5 Å². The monoisotopic (exact) mass is 377 g/mol. The fraction of sp³-hybridized carbons (Fsp3) is 0.188. The molecular weight excluding hydrogens is 362 g/mol. The van der Waals surface area contributed by atoms with Gasteiger partial charge in [-0.05, 0) is 30.7 Å². The lowest BCUT2D eigenvalue weighted by molar-refractivity contribution is -0.111. The van der Waals surface area contributed by atoms with Crippen molar-refractivity contribution in [2.45, 2.75) is 6.92 Å². The van der Waals surface area contributed by atoms with Gasteiger partial charge in [0.05, 0.1) is 5.56 Å². The first-order chi connectivity index (χ1) is 10.8. The fourth-order valence-electron chi connectivity index (χ4n) is 2.02. The lowest BCUT2D eigenvalue weighted by Gasteiger charge is -2.07. The molecule has 1 heterocycles. The van der Waals surface area contributed by atoms with Crippen molar-refractivity contribution in [1.29, 1.82) is 0 Å². The first kappa shape index (κ1) is 17.0. The molecule has 0 unspecified atom stereocenters. The summed E-state index contributed by atoms with van der Waals surface area (Å²) in [6.45, 7) is 1.88. The highest BCUT2D eigenvalue weighted by atomic mass is 79.9. The zero-order valence-electron chi connectivity index (χ0n) is 13.0. The van der Waals surface area contributed by atoms with Gasteiger partial charge in [-0.2, -0.15) is 0 Å². The summed E-state index contributed by atoms with van der Waals surface area (Å²) < 4.78 is 3.14. The van der Waals surface area contributed by atoms with Crippen LogP contribution in [0.3, 0.4) is 0 Å². The van der Waals surface area contributed by atoms with Crippen molar-refractivity contribution in [2.75, 3.05) is 5.32 Å². The second-order valence-electron chi connectivity index (χ2n) is 5.12. The Labute approximate surface area is 141 Å². The molecule has 1 aromatic heterocycles. The van der Waals surface area contributed by atoms with Crippen molar-refractivity contribution in [3.8, 4) is 0 Å². The first-order valence-corrected chi connectivity index (χ1v) is 7.61. The zero-order chi connectivity index (χ0) is 17.1. The van der Waals surface area contributed by atoms with Gasteiger partial charge in [-0.25, -0.2) is 4.79 Å². The minimum absolute atomic E-state index is 0.260. The number of aryl methyl sites for hydroxylation is 2. The largest absolute Gasteiger partial charge is 0.330 e. The molecule has 1 aromatic carbocycles. The van der Waals surface area contributed by atoms with Crippen LogP contribution >= 0.6 is 15.9 Å². The topological polar surface area (TPSA) is 73.1 Å². The summed E-state index contributed by atoms with van der Waals surface area (Å²) in [7, 11) is 2.94. The molecule has 7 heteroatoms. The molecule has 1 amide bonds. The summed E-state index contributed by atoms with van der Waals surface area (Å²) in [6, 6.07) is 5.56. The third-order valence-corrected chi connectivity index (χ3v) is 3.84. The molecule has 0 fully saturated rings. The number of carbonyl (C=O) groups excluding carboxylic acids is 1. The van der Waals surface area contributed by atoms with Crippen LogP contribution in [0.1, 0.15) is 11.1 Å². The highest BCUT2D eigenvalue weighted by molar-refractivity contribution is 9.10. The van der Waals surface area contributed by atoms with Crippen molar-refractivity contribution in [3.05, 3.63) is 66.9 Å². The average Bonchev–Trinajstić information content (AvgIpc) is 2.51. The molecule has 1 N–H and O–H groups in total. The van der Waals surface area contributed by atoms with E-state index < -0.39 is 11.2 Å². The van der Waals surface area contributed by atoms with E-state index in [1.54, 1.807) is 13.1 Å². The fourth-order valence-corrected chi connectivity index (χ4v) is 2.38. The number of rotatable bonds is 3. The molecule has 0 saturated carbocycles. The van der Waals surface area contributed by atoms with Crippen LogP contribution in [0, 0.1) is 6.92 Å². The summed E-state index contributed by atoms with van der Waals surface area (Å²) in [4.78, 5) is 35.6. The number of halogens is 1. The molecule has 0 spiro atoms. The summed E-state index contributed by atoms with van der Waals surface area (Å²) in [5.41, 5.74) is 1.00. The van der Waals surface area contributed by atoms with Crippen LogP contribution in [0.4, 0.5) is 5.69 Å². The van der Waals surface area contributed by atoms with Gasteiger partial charge in [-0.15, -0.1) is 0 Å². The van der Waals surface area contributed by atoms with E-state index in [1.807, 2.05) is 19.1 Å². The van der Waals surface area contributed by atoms with E-state index in [9.17, 15) is 14.4 Å². The molecule has 0 aliphatic heterocycles. The van der Waals surface area contributed by atoms with Gasteiger partial charge in [-0.3, -0.25) is 14.2 Å². The number of benzene rings is 1. The number of hydrogen-bond acceptors (Lipinski definition) is 3. The predicted molar refractivity (Wildman–Crippen MR) is 93.5 cm³/mol. The Morgan fingerprint density at radius 2 is 1.96 bits per heavy atom. The lowest BCUT2D eigenvalue weighted by atomic mass is 10.2. The number of anilines is 1. The molecule has 2 rings (SSSR count). The highest BCUT2D eigenvalue weighted by Crippen LogP contribution is 2.20. The van der Waals surface area contributed by atoms with Gasteiger partial charge < -0.3 is 9.88 Å². The summed E-state index contributed by atoms with van der Waals surface area (Å²) >= 11 is 3.35. The Balaban J connectivity index is 2.24. The zero-order valence-corrected chi connectivity index (χ0v) is 14.5. The maximum absolute atomic E-state index is 12.0. The molecule has 0 bridgehead atoms. The Morgan fingerprint density at radius 3 is 2.65 bits per heavy atom. The molecule has 0 aliphatic rings. The molecule has 23 heavy (non-hydrogen) atoms. The van der Waals surface area contributed by atoms with Gasteiger partial charge >= 0.3 is 5.69 Å². The molecule has 120 valence electrons. The Morgan fingerprint density at radius 1 is 1.26 bits per heavy atom. The van der Waals surface area contributed by atoms with E-state index in [2.05, 4.69) is 21.2 Å². The van der Waals surface area contributed by atoms with Crippen LogP contribution in [0.2, 0.25) is 0 Å². The van der Waals surface area contributed by atoms with Crippen molar-refractivity contribution in [3.63, 3.8) is 0 Å². The number of nitrogens with one attached hydrogen (secondary N) is 1. The van der Waals surface area contributed by atoms with Crippen LogP contribution in [-0.2, 0) is 18.9 Å². The summed E-state index contributed by atoms with van der Waals surface area (Å²) in [5.74, 6) is -0.359. The smallest absolute Gasteiger partial charge is 0.322 e. The van der Waals surface area contributed by atoms with Crippen molar-refractivity contribution >= 4 is 33.6 Å². The number of aromatic nitrogens is 2. The molecule has 0 aliphatic carbocycles. The number of amides is 1. The standard InChI is InChI=1S/C16H16BrN3O3/c1-10-4-6-12(17)8-13(10)18-14(21)7-5-11-9-19(2)16(23)20(3)15(11)22/h4-9H,1-3H3,(H,18,21)/b7-5+. The van der Waals surface area contributed by atoms with E-state index in [-0.39, 0.29) is 11.5 Å². The molecule has 2 aromatic rings. The van der Waals surface area contributed by atoms with Crippen LogP contribution in [0.5, 0.6) is 0 Å². The van der Waals surface area contributed by atoms with Crippen LogP contribution < -0.4 is 16.6 Å². The second-order valence-corrected chi connectivity index (χ2v) is 6.04. The average molecular weight is 378 g/mol. The third-order valence-electron chi connectivity index (χ3n) is 3.34. The van der Waals surface area contributed by atoms with E-state index in [0.717, 1.165) is 14.6 Å². The Kier molecular flexibility index (Phi) is 5.00. The van der Waals surface area contributed by atoms with E-state index >= 15 is 0 Å². The normalized spacial score (nSPS) is 11.0. The molecular formula is C16H16BrN3O3. The van der Waals surface area contributed by atoms with E-state index in [0.29, 0.717) is 5.69 Å². The SMILES string of the molecule is Cc1ccc(Br)cc1NC(=O)/C=C/c1cn(C)c(=O)n(C)c1=O. The van der Waals surface area contributed by atoms with Crippen LogP contribution in [-0.4, -0.2) is 15.0 Å². The summed E-state index contributed by atoms with van der Waals surface area (Å²) in [6.07, 6.45) is 4.06. The third kappa shape index (κ3) is 3.87. The van der Waals surface area contributed by atoms with Crippen molar-refractivity contribution in [1.82, 2.24) is 9.13 Å². The van der Waals surface area contributed by atoms with Crippen molar-refractivity contribution in [2.24, 2.45) is 14.1 Å². The quantitative estimate of drug-likeness (QED) is 0.828. The van der Waals surface area contributed by atoms with Gasteiger partial charge in [0.15, 0.2) is 0 Å². The Bertz CT molecular complexity index is 910. The second kappa shape index (κ2) is 6.78. The maximum atomic E-state index is 12.0.